The van der Waals surface area contributed by atoms with E-state index in [0.717, 1.165) is 33.7 Å². The number of aromatic nitrogens is 1. The van der Waals surface area contributed by atoms with Gasteiger partial charge >= 0.3 is 0 Å². The first-order chi connectivity index (χ1) is 15.0. The van der Waals surface area contributed by atoms with Crippen molar-refractivity contribution in [2.24, 2.45) is 4.40 Å². The summed E-state index contributed by atoms with van der Waals surface area (Å²) in [4.78, 5) is 0.532. The van der Waals surface area contributed by atoms with Crippen LogP contribution in [0.5, 0.6) is 0 Å². The number of hydrogen-bond donors (Lipinski definition) is 0. The minimum Gasteiger partial charge on any atom is -0.461 e. The fourth-order valence-corrected chi connectivity index (χ4v) is 5.72. The van der Waals surface area contributed by atoms with Crippen molar-refractivity contribution in [2.45, 2.75) is 11.8 Å². The number of furan rings is 1. The SMILES string of the molecule is Cc1oc2ccccc2c1-c1cs/c(=N\S(=O)(=O)c2ccccc2)n1-c1ccccc1. The van der Waals surface area contributed by atoms with Gasteiger partial charge in [-0.1, -0.05) is 54.6 Å². The molecule has 5 aromatic rings. The summed E-state index contributed by atoms with van der Waals surface area (Å²) in [6.45, 7) is 1.92. The third kappa shape index (κ3) is 3.52. The van der Waals surface area contributed by atoms with Crippen LogP contribution in [0.1, 0.15) is 5.76 Å². The van der Waals surface area contributed by atoms with Crippen molar-refractivity contribution in [3.8, 4) is 16.9 Å². The molecule has 0 bridgehead atoms. The molecule has 7 heteroatoms. The number of fused-ring (bicyclic) bond motifs is 1. The van der Waals surface area contributed by atoms with Crippen LogP contribution >= 0.6 is 11.3 Å². The van der Waals surface area contributed by atoms with E-state index in [1.807, 2.05) is 71.5 Å². The molecular weight excluding hydrogens is 428 g/mol. The Morgan fingerprint density at radius 3 is 2.26 bits per heavy atom. The molecular formula is C24H18N2O3S2. The molecule has 31 heavy (non-hydrogen) atoms. The predicted octanol–water partition coefficient (Wildman–Crippen LogP) is 5.55. The smallest absolute Gasteiger partial charge is 0.285 e. The molecule has 0 amide bonds. The zero-order chi connectivity index (χ0) is 21.4. The van der Waals surface area contributed by atoms with Crippen molar-refractivity contribution in [1.29, 1.82) is 0 Å². The average Bonchev–Trinajstić information content (AvgIpc) is 3.34. The minimum absolute atomic E-state index is 0.162. The van der Waals surface area contributed by atoms with Crippen molar-refractivity contribution in [3.63, 3.8) is 0 Å². The molecule has 3 aromatic carbocycles. The Hall–Kier alpha value is -3.42. The first-order valence-electron chi connectivity index (χ1n) is 9.65. The Morgan fingerprint density at radius 1 is 0.871 bits per heavy atom. The molecule has 0 radical (unpaired) electrons. The van der Waals surface area contributed by atoms with Gasteiger partial charge in [-0.3, -0.25) is 4.57 Å². The van der Waals surface area contributed by atoms with Crippen LogP contribution in [-0.2, 0) is 10.0 Å². The normalized spacial score (nSPS) is 12.5. The van der Waals surface area contributed by atoms with Gasteiger partial charge in [-0.2, -0.15) is 8.42 Å². The van der Waals surface area contributed by atoms with E-state index in [9.17, 15) is 8.42 Å². The highest BCUT2D eigenvalue weighted by molar-refractivity contribution is 7.90. The number of nitrogens with zero attached hydrogens (tertiary/aromatic N) is 2. The molecule has 5 nitrogen and oxygen atoms in total. The highest BCUT2D eigenvalue weighted by atomic mass is 32.2. The zero-order valence-electron chi connectivity index (χ0n) is 16.6. The van der Waals surface area contributed by atoms with Crippen LogP contribution < -0.4 is 4.80 Å². The molecule has 154 valence electrons. The van der Waals surface area contributed by atoms with Gasteiger partial charge in [-0.15, -0.1) is 15.7 Å². The van der Waals surface area contributed by atoms with Crippen LogP contribution in [0, 0.1) is 6.92 Å². The third-order valence-corrected chi connectivity index (χ3v) is 7.21. The Morgan fingerprint density at radius 2 is 1.52 bits per heavy atom. The van der Waals surface area contributed by atoms with Crippen molar-refractivity contribution in [1.82, 2.24) is 4.57 Å². The van der Waals surface area contributed by atoms with Gasteiger partial charge in [0.1, 0.15) is 11.3 Å². The third-order valence-electron chi connectivity index (χ3n) is 4.99. The number of rotatable bonds is 4. The van der Waals surface area contributed by atoms with Gasteiger partial charge in [0.05, 0.1) is 10.6 Å². The Kier molecular flexibility index (Phi) is 4.84. The molecule has 0 aliphatic heterocycles. The van der Waals surface area contributed by atoms with Crippen LogP contribution in [0.25, 0.3) is 27.9 Å². The second-order valence-electron chi connectivity index (χ2n) is 6.98. The van der Waals surface area contributed by atoms with Gasteiger partial charge in [0, 0.05) is 22.0 Å². The minimum atomic E-state index is -3.86. The maximum absolute atomic E-state index is 13.0. The second kappa shape index (κ2) is 7.68. The van der Waals surface area contributed by atoms with E-state index in [-0.39, 0.29) is 4.90 Å². The van der Waals surface area contributed by atoms with Gasteiger partial charge < -0.3 is 4.42 Å². The van der Waals surface area contributed by atoms with Crippen molar-refractivity contribution in [2.75, 3.05) is 0 Å². The Bertz CT molecular complexity index is 1540. The maximum atomic E-state index is 13.0. The number of thiazole rings is 1. The average molecular weight is 447 g/mol. The molecule has 0 unspecified atom stereocenters. The van der Waals surface area contributed by atoms with Crippen LogP contribution in [-0.4, -0.2) is 13.0 Å². The zero-order valence-corrected chi connectivity index (χ0v) is 18.2. The van der Waals surface area contributed by atoms with Gasteiger partial charge in [0.25, 0.3) is 10.0 Å². The van der Waals surface area contributed by atoms with E-state index < -0.39 is 10.0 Å². The van der Waals surface area contributed by atoms with Gasteiger partial charge in [0.2, 0.25) is 4.80 Å². The molecule has 0 aliphatic rings. The number of aryl methyl sites for hydroxylation is 1. The summed E-state index contributed by atoms with van der Waals surface area (Å²) < 4.78 is 38.0. The summed E-state index contributed by atoms with van der Waals surface area (Å²) in [5.74, 6) is 0.765. The summed E-state index contributed by atoms with van der Waals surface area (Å²) in [6, 6.07) is 25.7. The predicted molar refractivity (Wildman–Crippen MR) is 123 cm³/mol. The Balaban J connectivity index is 1.81. The van der Waals surface area contributed by atoms with E-state index in [1.54, 1.807) is 30.3 Å². The number of sulfonamides is 1. The lowest BCUT2D eigenvalue weighted by Crippen LogP contribution is -2.16. The number of para-hydroxylation sites is 2. The Labute approximate surface area is 183 Å². The van der Waals surface area contributed by atoms with Crippen LogP contribution in [0.4, 0.5) is 0 Å². The monoisotopic (exact) mass is 446 g/mol. The van der Waals surface area contributed by atoms with Crippen LogP contribution in [0.15, 0.2) is 104 Å². The molecule has 0 N–H and O–H groups in total. The van der Waals surface area contributed by atoms with Crippen LogP contribution in [0.3, 0.4) is 0 Å². The topological polar surface area (TPSA) is 64.6 Å². The first-order valence-corrected chi connectivity index (χ1v) is 12.0. The molecule has 2 heterocycles. The summed E-state index contributed by atoms with van der Waals surface area (Å²) in [5.41, 5.74) is 3.37. The molecule has 0 fully saturated rings. The lowest BCUT2D eigenvalue weighted by Gasteiger charge is -2.09. The number of benzene rings is 3. The lowest BCUT2D eigenvalue weighted by atomic mass is 10.1. The van der Waals surface area contributed by atoms with Gasteiger partial charge in [-0.25, -0.2) is 0 Å². The van der Waals surface area contributed by atoms with Crippen molar-refractivity contribution in [3.05, 3.63) is 101 Å². The maximum Gasteiger partial charge on any atom is 0.285 e. The van der Waals surface area contributed by atoms with Gasteiger partial charge in [0.15, 0.2) is 0 Å². The highest BCUT2D eigenvalue weighted by Gasteiger charge is 2.20. The fraction of sp³-hybridized carbons (Fsp3) is 0.0417. The molecule has 0 aliphatic carbocycles. The lowest BCUT2D eigenvalue weighted by molar-refractivity contribution is 0.579. The molecule has 0 atom stereocenters. The highest BCUT2D eigenvalue weighted by Crippen LogP contribution is 2.35. The van der Waals surface area contributed by atoms with E-state index in [0.29, 0.717) is 4.80 Å². The fourth-order valence-electron chi connectivity index (χ4n) is 3.61. The second-order valence-corrected chi connectivity index (χ2v) is 9.42. The number of hydrogen-bond acceptors (Lipinski definition) is 4. The molecule has 0 saturated carbocycles. The molecule has 0 spiro atoms. The summed E-state index contributed by atoms with van der Waals surface area (Å²) in [6.07, 6.45) is 0. The molecule has 2 aromatic heterocycles. The van der Waals surface area contributed by atoms with Crippen LogP contribution in [0.2, 0.25) is 0 Å². The summed E-state index contributed by atoms with van der Waals surface area (Å²) in [7, 11) is -3.86. The van der Waals surface area contributed by atoms with Crippen molar-refractivity contribution >= 4 is 32.3 Å². The first kappa shape index (κ1) is 19.5. The summed E-state index contributed by atoms with van der Waals surface area (Å²) >= 11 is 1.28. The van der Waals surface area contributed by atoms with E-state index in [4.69, 9.17) is 4.42 Å². The van der Waals surface area contributed by atoms with E-state index in [1.165, 1.54) is 11.3 Å². The standard InChI is InChI=1S/C24H18N2O3S2/c1-17-23(20-14-8-9-15-22(20)29-17)21-16-30-24(26(21)18-10-4-2-5-11-18)25-31(27,28)19-12-6-3-7-13-19/h2-16H,1H3/b25-24-. The largest absolute Gasteiger partial charge is 0.461 e. The summed E-state index contributed by atoms with van der Waals surface area (Å²) in [5, 5.41) is 2.90. The molecule has 5 rings (SSSR count). The van der Waals surface area contributed by atoms with E-state index in [2.05, 4.69) is 4.40 Å². The quantitative estimate of drug-likeness (QED) is 0.364. The van der Waals surface area contributed by atoms with Gasteiger partial charge in [-0.05, 0) is 37.3 Å². The van der Waals surface area contributed by atoms with E-state index >= 15 is 0 Å². The molecule has 0 saturated heterocycles. The van der Waals surface area contributed by atoms with Crippen molar-refractivity contribution < 1.29 is 12.8 Å².